The highest BCUT2D eigenvalue weighted by Crippen LogP contribution is 2.36. The summed E-state index contributed by atoms with van der Waals surface area (Å²) in [6.45, 7) is 2.10. The Morgan fingerprint density at radius 2 is 2.10 bits per heavy atom. The third kappa shape index (κ3) is 2.70. The van der Waals surface area contributed by atoms with Crippen LogP contribution in [0.25, 0.3) is 0 Å². The molecule has 0 aliphatic heterocycles. The quantitative estimate of drug-likeness (QED) is 0.834. The molecule has 5 heteroatoms. The van der Waals surface area contributed by atoms with Crippen LogP contribution in [0.5, 0.6) is 0 Å². The van der Waals surface area contributed by atoms with Gasteiger partial charge in [-0.15, -0.1) is 0 Å². The second-order valence-electron chi connectivity index (χ2n) is 5.36. The molecule has 1 aromatic heterocycles. The zero-order valence-corrected chi connectivity index (χ0v) is 13.7. The number of carbonyl (C=O) groups is 1. The summed E-state index contributed by atoms with van der Waals surface area (Å²) in [6, 6.07) is 7.96. The lowest BCUT2D eigenvalue weighted by Gasteiger charge is -2.25. The smallest absolute Gasteiger partial charge is 0.186 e. The summed E-state index contributed by atoms with van der Waals surface area (Å²) in [5, 5.41) is 1.65. The van der Waals surface area contributed by atoms with Gasteiger partial charge in [-0.05, 0) is 31.4 Å². The van der Waals surface area contributed by atoms with E-state index >= 15 is 0 Å². The first-order chi connectivity index (χ1) is 10.1. The van der Waals surface area contributed by atoms with E-state index in [1.807, 2.05) is 31.3 Å². The summed E-state index contributed by atoms with van der Waals surface area (Å²) in [7, 11) is 2.00. The first-order valence-electron chi connectivity index (χ1n) is 7.08. The molecule has 3 nitrogen and oxygen atoms in total. The Labute approximate surface area is 133 Å². The molecule has 2 aromatic rings. The van der Waals surface area contributed by atoms with Gasteiger partial charge in [0.15, 0.2) is 10.9 Å². The Morgan fingerprint density at radius 3 is 2.81 bits per heavy atom. The van der Waals surface area contributed by atoms with Crippen molar-refractivity contribution in [1.29, 1.82) is 0 Å². The maximum absolute atomic E-state index is 11.9. The highest BCUT2D eigenvalue weighted by atomic mass is 35.5. The average Bonchev–Trinajstić information content (AvgIpc) is 2.92. The van der Waals surface area contributed by atoms with E-state index in [2.05, 4.69) is 16.8 Å². The summed E-state index contributed by atoms with van der Waals surface area (Å²) in [6.07, 6.45) is 2.48. The molecule has 1 aliphatic rings. The molecular weight excluding hydrogens is 304 g/mol. The summed E-state index contributed by atoms with van der Waals surface area (Å²) < 4.78 is 0. The highest BCUT2D eigenvalue weighted by Gasteiger charge is 2.25. The van der Waals surface area contributed by atoms with Crippen LogP contribution < -0.4 is 4.90 Å². The minimum absolute atomic E-state index is 0.112. The van der Waals surface area contributed by atoms with Gasteiger partial charge in [-0.25, -0.2) is 4.98 Å². The van der Waals surface area contributed by atoms with Crippen molar-refractivity contribution in [2.24, 2.45) is 0 Å². The van der Waals surface area contributed by atoms with Crippen molar-refractivity contribution in [3.05, 3.63) is 45.4 Å². The zero-order valence-electron chi connectivity index (χ0n) is 12.1. The molecule has 1 aromatic carbocycles. The van der Waals surface area contributed by atoms with E-state index in [1.165, 1.54) is 11.3 Å². The van der Waals surface area contributed by atoms with Crippen molar-refractivity contribution < 1.29 is 4.79 Å². The predicted octanol–water partition coefficient (Wildman–Crippen LogP) is 4.51. The zero-order chi connectivity index (χ0) is 15.0. The van der Waals surface area contributed by atoms with Crippen LogP contribution in [-0.4, -0.2) is 17.8 Å². The van der Waals surface area contributed by atoms with Crippen molar-refractivity contribution in [3.63, 3.8) is 0 Å². The van der Waals surface area contributed by atoms with Crippen LogP contribution >= 0.6 is 22.9 Å². The number of fused-ring (bicyclic) bond motifs is 1. The molecule has 0 saturated heterocycles. The first kappa shape index (κ1) is 14.5. The Kier molecular flexibility index (Phi) is 4.00. The number of ketones is 1. The summed E-state index contributed by atoms with van der Waals surface area (Å²) in [4.78, 5) is 19.5. The molecule has 0 radical (unpaired) electrons. The van der Waals surface area contributed by atoms with E-state index in [-0.39, 0.29) is 11.8 Å². The highest BCUT2D eigenvalue weighted by molar-refractivity contribution is 7.17. The van der Waals surface area contributed by atoms with Gasteiger partial charge < -0.3 is 4.90 Å². The van der Waals surface area contributed by atoms with E-state index in [0.717, 1.165) is 39.1 Å². The minimum atomic E-state index is 0.112. The normalized spacial score (nSPS) is 15.7. The summed E-state index contributed by atoms with van der Waals surface area (Å²) >= 11 is 7.78. The molecular formula is C16H17ClN2OS. The average molecular weight is 321 g/mol. The fraction of sp³-hybridized carbons (Fsp3) is 0.375. The number of halogens is 1. The van der Waals surface area contributed by atoms with E-state index < -0.39 is 0 Å². The van der Waals surface area contributed by atoms with Crippen LogP contribution in [0.2, 0.25) is 5.02 Å². The Hall–Kier alpha value is -1.39. The van der Waals surface area contributed by atoms with Crippen LogP contribution in [0.1, 0.15) is 46.7 Å². The van der Waals surface area contributed by atoms with E-state index in [1.54, 1.807) is 0 Å². The summed E-state index contributed by atoms with van der Waals surface area (Å²) in [5.41, 5.74) is 2.03. The number of rotatable bonds is 3. The number of hydrogen-bond donors (Lipinski definition) is 0. The minimum Gasteiger partial charge on any atom is -0.344 e. The molecule has 110 valence electrons. The van der Waals surface area contributed by atoms with E-state index in [4.69, 9.17) is 11.6 Å². The number of carbonyl (C=O) groups excluding carboxylic acids is 1. The number of hydrogen-bond acceptors (Lipinski definition) is 4. The topological polar surface area (TPSA) is 33.2 Å². The predicted molar refractivity (Wildman–Crippen MR) is 87.7 cm³/mol. The third-order valence-electron chi connectivity index (χ3n) is 3.99. The molecule has 0 bridgehead atoms. The number of aryl methyl sites for hydroxylation is 1. The van der Waals surface area contributed by atoms with E-state index in [0.29, 0.717) is 6.42 Å². The standard InChI is InChI=1S/C16H17ClN2OS/c1-10(11-6-3-4-7-12(11)17)19(2)16-18-13-8-5-9-14(20)15(13)21-16/h3-4,6-7,10H,5,8-9H2,1-2H3. The van der Waals surface area contributed by atoms with Crippen LogP contribution in [0.4, 0.5) is 5.13 Å². The Bertz CT molecular complexity index is 683. The molecule has 0 N–H and O–H groups in total. The van der Waals surface area contributed by atoms with Gasteiger partial charge in [-0.1, -0.05) is 41.1 Å². The number of thiazole rings is 1. The van der Waals surface area contributed by atoms with Crippen molar-refractivity contribution in [3.8, 4) is 0 Å². The number of nitrogens with zero attached hydrogens (tertiary/aromatic N) is 2. The monoisotopic (exact) mass is 320 g/mol. The molecule has 0 fully saturated rings. The number of aromatic nitrogens is 1. The second-order valence-corrected chi connectivity index (χ2v) is 6.74. The largest absolute Gasteiger partial charge is 0.344 e. The fourth-order valence-electron chi connectivity index (χ4n) is 2.60. The number of benzene rings is 1. The van der Waals surface area contributed by atoms with Gasteiger partial charge in [0.25, 0.3) is 0 Å². The number of Topliss-reactive ketones (excluding diaryl/α,β-unsaturated/α-hetero) is 1. The molecule has 1 aliphatic carbocycles. The van der Waals surface area contributed by atoms with Crippen molar-refractivity contribution in [2.75, 3.05) is 11.9 Å². The van der Waals surface area contributed by atoms with E-state index in [9.17, 15) is 4.79 Å². The van der Waals surface area contributed by atoms with Crippen molar-refractivity contribution in [2.45, 2.75) is 32.2 Å². The first-order valence-corrected chi connectivity index (χ1v) is 8.27. The maximum Gasteiger partial charge on any atom is 0.186 e. The van der Waals surface area contributed by atoms with Crippen LogP contribution in [0.3, 0.4) is 0 Å². The molecule has 1 atom stereocenters. The second kappa shape index (κ2) is 5.78. The van der Waals surface area contributed by atoms with Gasteiger partial charge in [-0.2, -0.15) is 0 Å². The van der Waals surface area contributed by atoms with Crippen molar-refractivity contribution >= 4 is 33.9 Å². The molecule has 1 heterocycles. The maximum atomic E-state index is 11.9. The molecule has 0 saturated carbocycles. The van der Waals surface area contributed by atoms with Crippen LogP contribution in [-0.2, 0) is 6.42 Å². The molecule has 21 heavy (non-hydrogen) atoms. The number of anilines is 1. The fourth-order valence-corrected chi connectivity index (χ4v) is 4.01. The van der Waals surface area contributed by atoms with Crippen LogP contribution in [0, 0.1) is 0 Å². The van der Waals surface area contributed by atoms with Gasteiger partial charge in [0.1, 0.15) is 0 Å². The lowest BCUT2D eigenvalue weighted by atomic mass is 10.0. The van der Waals surface area contributed by atoms with Gasteiger partial charge >= 0.3 is 0 Å². The lowest BCUT2D eigenvalue weighted by Crippen LogP contribution is -2.21. The van der Waals surface area contributed by atoms with Crippen molar-refractivity contribution in [1.82, 2.24) is 4.98 Å². The van der Waals surface area contributed by atoms with Gasteiger partial charge in [0.2, 0.25) is 0 Å². The van der Waals surface area contributed by atoms with Crippen LogP contribution in [0.15, 0.2) is 24.3 Å². The molecule has 1 unspecified atom stereocenters. The van der Waals surface area contributed by atoms with Gasteiger partial charge in [0.05, 0.1) is 16.6 Å². The lowest BCUT2D eigenvalue weighted by molar-refractivity contribution is 0.0976. The molecule has 3 rings (SSSR count). The Balaban J connectivity index is 1.90. The Morgan fingerprint density at radius 1 is 1.33 bits per heavy atom. The molecule has 0 amide bonds. The SMILES string of the molecule is CC(c1ccccc1Cl)N(C)c1nc2c(s1)C(=O)CCC2. The van der Waals surface area contributed by atoms with Gasteiger partial charge in [-0.3, -0.25) is 4.79 Å². The summed E-state index contributed by atoms with van der Waals surface area (Å²) in [5.74, 6) is 0.235. The van der Waals surface area contributed by atoms with Gasteiger partial charge in [0, 0.05) is 18.5 Å². The third-order valence-corrected chi connectivity index (χ3v) is 5.57. The molecule has 0 spiro atoms.